The first kappa shape index (κ1) is 25.3. The Morgan fingerprint density at radius 2 is 1.78 bits per heavy atom. The van der Waals surface area contributed by atoms with E-state index in [1.807, 2.05) is 12.1 Å². The number of likely N-dealkylation sites (tertiary alicyclic amines) is 1. The molecule has 3 rings (SSSR count). The van der Waals surface area contributed by atoms with Crippen LogP contribution in [0.4, 0.5) is 0 Å². The van der Waals surface area contributed by atoms with E-state index in [4.69, 9.17) is 9.90 Å². The number of carbonyl (C=O) groups excluding carboxylic acids is 3. The molecule has 2 unspecified atom stereocenters. The van der Waals surface area contributed by atoms with Crippen molar-refractivity contribution >= 4 is 24.2 Å². The summed E-state index contributed by atoms with van der Waals surface area (Å²) in [5.74, 6) is -0.506. The molecule has 9 nitrogen and oxygen atoms in total. The van der Waals surface area contributed by atoms with Crippen LogP contribution in [0.15, 0.2) is 24.3 Å². The lowest BCUT2D eigenvalue weighted by Crippen LogP contribution is -2.59. The van der Waals surface area contributed by atoms with Crippen LogP contribution >= 0.6 is 0 Å². The summed E-state index contributed by atoms with van der Waals surface area (Å²) in [6.45, 7) is 3.80. The molecular formula is C23H34N4O5. The number of piperidine rings is 1. The van der Waals surface area contributed by atoms with Crippen molar-refractivity contribution in [2.24, 2.45) is 0 Å². The summed E-state index contributed by atoms with van der Waals surface area (Å²) in [4.78, 5) is 47.8. The molecule has 2 aliphatic rings. The number of carboxylic acid groups (broad SMARTS) is 1. The number of amides is 3. The molecular weight excluding hydrogens is 412 g/mol. The summed E-state index contributed by atoms with van der Waals surface area (Å²) in [5.41, 5.74) is 2.64. The third-order valence-electron chi connectivity index (χ3n) is 6.16. The first-order valence-electron chi connectivity index (χ1n) is 11.1. The standard InChI is InChI=1S/C22H32N4O3.CH2O2/c1-14(23-3)20(27)25-19-9-6-12-26(22(19)29)15(2)21(28)24-18-11-10-16-7-4-5-8-17(16)13-18;2-1-3/h4-5,7-8,14-15,18-19,23H,6,9-13H2,1-3H3,(H,24,28)(H,25,27);1H,(H,2,3)/t14-,15-,18?,19?;/m0./s1. The highest BCUT2D eigenvalue weighted by Gasteiger charge is 2.36. The van der Waals surface area contributed by atoms with Crippen LogP contribution in [0.2, 0.25) is 0 Å². The first-order chi connectivity index (χ1) is 15.3. The molecule has 1 aliphatic carbocycles. The maximum Gasteiger partial charge on any atom is 0.290 e. The van der Waals surface area contributed by atoms with Gasteiger partial charge in [-0.05, 0) is 64.1 Å². The van der Waals surface area contributed by atoms with Crippen LogP contribution in [0.1, 0.15) is 44.2 Å². The highest BCUT2D eigenvalue weighted by Crippen LogP contribution is 2.22. The quantitative estimate of drug-likeness (QED) is 0.470. The third-order valence-corrected chi connectivity index (χ3v) is 6.16. The van der Waals surface area contributed by atoms with Crippen molar-refractivity contribution in [3.63, 3.8) is 0 Å². The zero-order valence-electron chi connectivity index (χ0n) is 19.0. The molecule has 4 N–H and O–H groups in total. The Balaban J connectivity index is 0.00000114. The van der Waals surface area contributed by atoms with Gasteiger partial charge in [-0.2, -0.15) is 0 Å². The number of fused-ring (bicyclic) bond motifs is 1. The summed E-state index contributed by atoms with van der Waals surface area (Å²) in [5, 5.41) is 15.7. The summed E-state index contributed by atoms with van der Waals surface area (Å²) in [7, 11) is 1.70. The zero-order valence-corrected chi connectivity index (χ0v) is 19.0. The van der Waals surface area contributed by atoms with Crippen LogP contribution in [-0.4, -0.2) is 72.0 Å². The van der Waals surface area contributed by atoms with Crippen LogP contribution in [0.5, 0.6) is 0 Å². The second kappa shape index (κ2) is 12.2. The largest absolute Gasteiger partial charge is 0.483 e. The molecule has 9 heteroatoms. The predicted molar refractivity (Wildman–Crippen MR) is 120 cm³/mol. The van der Waals surface area contributed by atoms with Crippen molar-refractivity contribution in [1.82, 2.24) is 20.9 Å². The van der Waals surface area contributed by atoms with Gasteiger partial charge in [-0.15, -0.1) is 0 Å². The van der Waals surface area contributed by atoms with Gasteiger partial charge >= 0.3 is 0 Å². The van der Waals surface area contributed by atoms with Gasteiger partial charge < -0.3 is 26.0 Å². The molecule has 1 aromatic rings. The number of benzene rings is 1. The zero-order chi connectivity index (χ0) is 23.7. The SMILES string of the molecule is CN[C@@H](C)C(=O)NC1CCCN([C@@H](C)C(=O)NC2CCc3ccccc3C2)C1=O.O=CO. The monoisotopic (exact) mass is 446 g/mol. The van der Waals surface area contributed by atoms with Crippen molar-refractivity contribution in [3.05, 3.63) is 35.4 Å². The molecule has 1 fully saturated rings. The molecule has 1 heterocycles. The minimum absolute atomic E-state index is 0.0896. The lowest BCUT2D eigenvalue weighted by Gasteiger charge is -2.37. The molecule has 32 heavy (non-hydrogen) atoms. The summed E-state index contributed by atoms with van der Waals surface area (Å²) < 4.78 is 0. The number of nitrogens with one attached hydrogen (secondary N) is 3. The van der Waals surface area contributed by atoms with Gasteiger partial charge in [-0.25, -0.2) is 0 Å². The van der Waals surface area contributed by atoms with Crippen molar-refractivity contribution in [3.8, 4) is 0 Å². The van der Waals surface area contributed by atoms with E-state index in [1.54, 1.807) is 25.8 Å². The second-order valence-corrected chi connectivity index (χ2v) is 8.24. The van der Waals surface area contributed by atoms with Crippen molar-refractivity contribution < 1.29 is 24.3 Å². The van der Waals surface area contributed by atoms with E-state index in [-0.39, 0.29) is 36.3 Å². The Morgan fingerprint density at radius 3 is 2.44 bits per heavy atom. The fraction of sp³-hybridized carbons (Fsp3) is 0.565. The molecule has 0 spiro atoms. The summed E-state index contributed by atoms with van der Waals surface area (Å²) >= 11 is 0. The van der Waals surface area contributed by atoms with E-state index in [2.05, 4.69) is 28.1 Å². The summed E-state index contributed by atoms with van der Waals surface area (Å²) in [6, 6.07) is 6.94. The lowest BCUT2D eigenvalue weighted by molar-refractivity contribution is -0.145. The van der Waals surface area contributed by atoms with Gasteiger partial charge in [-0.3, -0.25) is 19.2 Å². The third kappa shape index (κ3) is 6.53. The molecule has 0 bridgehead atoms. The molecule has 1 aromatic carbocycles. The maximum absolute atomic E-state index is 12.9. The number of rotatable bonds is 6. The van der Waals surface area contributed by atoms with Crippen LogP contribution in [0.3, 0.4) is 0 Å². The molecule has 0 aromatic heterocycles. The van der Waals surface area contributed by atoms with Gasteiger partial charge in [0.25, 0.3) is 6.47 Å². The number of hydrogen-bond donors (Lipinski definition) is 4. The molecule has 4 atom stereocenters. The normalized spacial score (nSPS) is 21.8. The van der Waals surface area contributed by atoms with Gasteiger partial charge in [0.05, 0.1) is 6.04 Å². The average Bonchev–Trinajstić information content (AvgIpc) is 2.79. The Morgan fingerprint density at radius 1 is 1.12 bits per heavy atom. The Hall–Kier alpha value is -2.94. The minimum Gasteiger partial charge on any atom is -0.483 e. The average molecular weight is 447 g/mol. The lowest BCUT2D eigenvalue weighted by atomic mass is 9.88. The molecule has 0 saturated carbocycles. The number of carbonyl (C=O) groups is 4. The van der Waals surface area contributed by atoms with E-state index in [0.29, 0.717) is 13.0 Å². The van der Waals surface area contributed by atoms with Crippen molar-refractivity contribution in [2.75, 3.05) is 13.6 Å². The Labute approximate surface area is 188 Å². The van der Waals surface area contributed by atoms with Gasteiger partial charge in [-0.1, -0.05) is 24.3 Å². The topological polar surface area (TPSA) is 128 Å². The highest BCUT2D eigenvalue weighted by atomic mass is 16.3. The van der Waals surface area contributed by atoms with Crippen LogP contribution in [0.25, 0.3) is 0 Å². The summed E-state index contributed by atoms with van der Waals surface area (Å²) in [6.07, 6.45) is 4.05. The van der Waals surface area contributed by atoms with Gasteiger partial charge in [0, 0.05) is 12.6 Å². The van der Waals surface area contributed by atoms with Crippen molar-refractivity contribution in [1.29, 1.82) is 0 Å². The smallest absolute Gasteiger partial charge is 0.290 e. The Kier molecular flexibility index (Phi) is 9.64. The fourth-order valence-corrected chi connectivity index (χ4v) is 4.13. The van der Waals surface area contributed by atoms with Crippen LogP contribution < -0.4 is 16.0 Å². The van der Waals surface area contributed by atoms with E-state index in [0.717, 1.165) is 25.7 Å². The fourth-order valence-electron chi connectivity index (χ4n) is 4.13. The van der Waals surface area contributed by atoms with Gasteiger partial charge in [0.1, 0.15) is 12.1 Å². The second-order valence-electron chi connectivity index (χ2n) is 8.24. The Bertz CT molecular complexity index is 815. The molecule has 176 valence electrons. The number of nitrogens with zero attached hydrogens (tertiary/aromatic N) is 1. The predicted octanol–water partition coefficient (Wildman–Crippen LogP) is 0.465. The van der Waals surface area contributed by atoms with E-state index in [9.17, 15) is 14.4 Å². The van der Waals surface area contributed by atoms with Crippen LogP contribution in [-0.2, 0) is 32.0 Å². The minimum atomic E-state index is -0.566. The van der Waals surface area contributed by atoms with E-state index in [1.165, 1.54) is 11.1 Å². The molecule has 1 aliphatic heterocycles. The van der Waals surface area contributed by atoms with Crippen LogP contribution in [0, 0.1) is 0 Å². The van der Waals surface area contributed by atoms with Crippen molar-refractivity contribution in [2.45, 2.75) is 70.1 Å². The molecule has 0 radical (unpaired) electrons. The highest BCUT2D eigenvalue weighted by molar-refractivity contribution is 5.93. The number of likely N-dealkylation sites (N-methyl/N-ethyl adjacent to an activating group) is 1. The number of aryl methyl sites for hydroxylation is 1. The first-order valence-corrected chi connectivity index (χ1v) is 11.1. The van der Waals surface area contributed by atoms with Gasteiger partial charge in [0.15, 0.2) is 0 Å². The maximum atomic E-state index is 12.9. The molecule has 1 saturated heterocycles. The number of hydrogen-bond acceptors (Lipinski definition) is 5. The van der Waals surface area contributed by atoms with E-state index >= 15 is 0 Å². The van der Waals surface area contributed by atoms with E-state index < -0.39 is 12.1 Å². The van der Waals surface area contributed by atoms with Gasteiger partial charge in [0.2, 0.25) is 17.7 Å². The molecule has 3 amide bonds.